The van der Waals surface area contributed by atoms with E-state index in [0.717, 1.165) is 6.07 Å². The first-order valence-electron chi connectivity index (χ1n) is 7.43. The molecular weight excluding hydrogens is 323 g/mol. The first-order valence-corrected chi connectivity index (χ1v) is 7.43. The van der Waals surface area contributed by atoms with Gasteiger partial charge in [-0.3, -0.25) is 4.90 Å². The second-order valence-electron chi connectivity index (χ2n) is 6.08. The summed E-state index contributed by atoms with van der Waals surface area (Å²) in [4.78, 5) is 14.4. The molecule has 1 aliphatic heterocycles. The van der Waals surface area contributed by atoms with E-state index in [-0.39, 0.29) is 6.54 Å². The maximum atomic E-state index is 13.0. The molecule has 1 aromatic rings. The van der Waals surface area contributed by atoms with Gasteiger partial charge < -0.3 is 14.8 Å². The lowest BCUT2D eigenvalue weighted by atomic mass is 10.1. The fourth-order valence-corrected chi connectivity index (χ4v) is 2.72. The zero-order valence-corrected chi connectivity index (χ0v) is 13.2. The van der Waals surface area contributed by atoms with E-state index in [9.17, 15) is 23.1 Å². The number of alkyl halides is 3. The summed E-state index contributed by atoms with van der Waals surface area (Å²) in [6.45, 7) is 3.58. The van der Waals surface area contributed by atoms with Gasteiger partial charge >= 0.3 is 6.18 Å². The van der Waals surface area contributed by atoms with Crippen molar-refractivity contribution in [2.24, 2.45) is 0 Å². The lowest BCUT2D eigenvalue weighted by Crippen LogP contribution is -2.51. The lowest BCUT2D eigenvalue weighted by molar-refractivity contribution is -0.137. The molecule has 1 N–H and O–H groups in total. The average molecular weight is 341 g/mol. The molecule has 8 heteroatoms. The number of nitrogens with zero attached hydrogens (tertiary/aromatic N) is 3. The largest absolute Gasteiger partial charge is 0.417 e. The van der Waals surface area contributed by atoms with Crippen molar-refractivity contribution in [3.63, 3.8) is 0 Å². The van der Waals surface area contributed by atoms with E-state index in [0.29, 0.717) is 38.2 Å². The maximum Gasteiger partial charge on any atom is 0.417 e. The number of carbonyl (C=O) groups excluding carboxylic acids is 1. The van der Waals surface area contributed by atoms with Crippen LogP contribution in [0.1, 0.15) is 18.1 Å². The molecule has 1 aliphatic rings. The molecule has 1 fully saturated rings. The Kier molecular flexibility index (Phi) is 5.16. The third-order valence-electron chi connectivity index (χ3n) is 3.96. The molecule has 1 saturated heterocycles. The summed E-state index contributed by atoms with van der Waals surface area (Å²) in [6, 6.07) is 5.25. The number of aliphatic hydroxyl groups is 1. The van der Waals surface area contributed by atoms with Crippen LogP contribution < -0.4 is 4.90 Å². The van der Waals surface area contributed by atoms with E-state index >= 15 is 0 Å². The molecule has 2 rings (SSSR count). The molecule has 1 aromatic carbocycles. The molecule has 0 aliphatic carbocycles. The molecular formula is C16H18F3N3O2. The average Bonchev–Trinajstić information content (AvgIpc) is 2.54. The molecule has 130 valence electrons. The number of β-amino-alcohol motifs (C(OH)–C–C–N with tert-alkyl or cyclic N) is 1. The summed E-state index contributed by atoms with van der Waals surface area (Å²) in [5.74, 6) is 0. The minimum atomic E-state index is -4.58. The van der Waals surface area contributed by atoms with Crippen molar-refractivity contribution in [3.05, 3.63) is 29.3 Å². The smallest absolute Gasteiger partial charge is 0.381 e. The highest BCUT2D eigenvalue weighted by molar-refractivity contribution is 5.61. The number of halogens is 3. The van der Waals surface area contributed by atoms with Crippen LogP contribution in [0.5, 0.6) is 0 Å². The van der Waals surface area contributed by atoms with Crippen LogP contribution in [-0.2, 0) is 11.0 Å². The number of hydrogen-bond acceptors (Lipinski definition) is 5. The van der Waals surface area contributed by atoms with E-state index in [1.165, 1.54) is 19.1 Å². The van der Waals surface area contributed by atoms with Crippen molar-refractivity contribution in [1.82, 2.24) is 4.90 Å². The van der Waals surface area contributed by atoms with Crippen LogP contribution >= 0.6 is 0 Å². The third kappa shape index (κ3) is 4.24. The molecule has 5 nitrogen and oxygen atoms in total. The van der Waals surface area contributed by atoms with Crippen molar-refractivity contribution in [3.8, 4) is 6.07 Å². The standard InChI is InChI=1S/C16H18F3N3O2/c1-15(24,11-23)10-21-4-6-22(7-5-21)13-3-2-12(9-20)14(8-13)16(17,18)19/h2-3,8,11,24H,4-7,10H2,1H3/t15-/m0/s1. The Morgan fingerprint density at radius 3 is 2.42 bits per heavy atom. The summed E-state index contributed by atoms with van der Waals surface area (Å²) >= 11 is 0. The third-order valence-corrected chi connectivity index (χ3v) is 3.96. The number of anilines is 1. The van der Waals surface area contributed by atoms with Crippen LogP contribution in [0.2, 0.25) is 0 Å². The monoisotopic (exact) mass is 341 g/mol. The Morgan fingerprint density at radius 2 is 1.92 bits per heavy atom. The van der Waals surface area contributed by atoms with E-state index in [2.05, 4.69) is 0 Å². The van der Waals surface area contributed by atoms with Crippen LogP contribution in [0.4, 0.5) is 18.9 Å². The molecule has 0 bridgehead atoms. The number of benzene rings is 1. The number of carbonyl (C=O) groups is 1. The van der Waals surface area contributed by atoms with Crippen LogP contribution in [0.15, 0.2) is 18.2 Å². The SMILES string of the molecule is C[C@@](O)(C=O)CN1CCN(c2ccc(C#N)c(C(F)(F)F)c2)CC1. The second-order valence-corrected chi connectivity index (χ2v) is 6.08. The van der Waals surface area contributed by atoms with Gasteiger partial charge in [0.15, 0.2) is 6.29 Å². The zero-order valence-electron chi connectivity index (χ0n) is 13.2. The topological polar surface area (TPSA) is 67.6 Å². The normalized spacial score (nSPS) is 18.8. The van der Waals surface area contributed by atoms with Crippen LogP contribution in [0, 0.1) is 11.3 Å². The number of rotatable bonds is 4. The van der Waals surface area contributed by atoms with Gasteiger partial charge in [0.1, 0.15) is 5.60 Å². The predicted octanol–water partition coefficient (Wildman–Crippen LogP) is 1.65. The van der Waals surface area contributed by atoms with Crippen LogP contribution in [-0.4, -0.2) is 54.6 Å². The molecule has 0 aromatic heterocycles. The summed E-state index contributed by atoms with van der Waals surface area (Å²) < 4.78 is 39.1. The zero-order chi connectivity index (χ0) is 18.0. The van der Waals surface area contributed by atoms with Crippen molar-refractivity contribution in [2.45, 2.75) is 18.7 Å². The van der Waals surface area contributed by atoms with Crippen molar-refractivity contribution in [2.75, 3.05) is 37.6 Å². The first kappa shape index (κ1) is 18.2. The maximum absolute atomic E-state index is 13.0. The van der Waals surface area contributed by atoms with Gasteiger partial charge in [-0.25, -0.2) is 0 Å². The Morgan fingerprint density at radius 1 is 1.29 bits per heavy atom. The summed E-state index contributed by atoms with van der Waals surface area (Å²) in [7, 11) is 0. The number of hydrogen-bond donors (Lipinski definition) is 1. The van der Waals surface area contributed by atoms with Gasteiger partial charge in [0.25, 0.3) is 0 Å². The van der Waals surface area contributed by atoms with Gasteiger partial charge in [-0.1, -0.05) is 0 Å². The number of piperazine rings is 1. The summed E-state index contributed by atoms with van der Waals surface area (Å²) in [6.07, 6.45) is -4.10. The van der Waals surface area contributed by atoms with E-state index in [1.807, 2.05) is 4.90 Å². The molecule has 24 heavy (non-hydrogen) atoms. The fraction of sp³-hybridized carbons (Fsp3) is 0.500. The Hall–Kier alpha value is -2.11. The second kappa shape index (κ2) is 6.79. The van der Waals surface area contributed by atoms with Gasteiger partial charge in [-0.2, -0.15) is 18.4 Å². The summed E-state index contributed by atoms with van der Waals surface area (Å²) in [5.41, 5.74) is -2.36. The van der Waals surface area contributed by atoms with Gasteiger partial charge in [0, 0.05) is 38.4 Å². The van der Waals surface area contributed by atoms with Gasteiger partial charge in [-0.05, 0) is 25.1 Å². The lowest BCUT2D eigenvalue weighted by Gasteiger charge is -2.38. The molecule has 0 saturated carbocycles. The highest BCUT2D eigenvalue weighted by atomic mass is 19.4. The minimum absolute atomic E-state index is 0.186. The fourth-order valence-electron chi connectivity index (χ4n) is 2.72. The van der Waals surface area contributed by atoms with Crippen molar-refractivity contribution in [1.29, 1.82) is 5.26 Å². The molecule has 0 spiro atoms. The number of nitriles is 1. The van der Waals surface area contributed by atoms with E-state index in [1.54, 1.807) is 11.0 Å². The molecule has 1 heterocycles. The highest BCUT2D eigenvalue weighted by Crippen LogP contribution is 2.34. The Labute approximate surface area is 137 Å². The van der Waals surface area contributed by atoms with Gasteiger partial charge in [0.2, 0.25) is 0 Å². The predicted molar refractivity (Wildman–Crippen MR) is 81.5 cm³/mol. The quantitative estimate of drug-likeness (QED) is 0.844. The van der Waals surface area contributed by atoms with Crippen LogP contribution in [0.3, 0.4) is 0 Å². The molecule has 1 atom stereocenters. The molecule has 0 radical (unpaired) electrons. The highest BCUT2D eigenvalue weighted by Gasteiger charge is 2.34. The van der Waals surface area contributed by atoms with Gasteiger partial charge in [-0.15, -0.1) is 0 Å². The van der Waals surface area contributed by atoms with Crippen LogP contribution in [0.25, 0.3) is 0 Å². The van der Waals surface area contributed by atoms with Crippen molar-refractivity contribution < 1.29 is 23.1 Å². The van der Waals surface area contributed by atoms with E-state index < -0.39 is 22.9 Å². The number of aldehydes is 1. The summed E-state index contributed by atoms with van der Waals surface area (Å²) in [5, 5.41) is 18.6. The molecule has 0 amide bonds. The first-order chi connectivity index (χ1) is 11.2. The Bertz CT molecular complexity index is 645. The Balaban J connectivity index is 2.10. The van der Waals surface area contributed by atoms with Gasteiger partial charge in [0.05, 0.1) is 17.2 Å². The minimum Gasteiger partial charge on any atom is -0.381 e. The van der Waals surface area contributed by atoms with E-state index in [4.69, 9.17) is 5.26 Å². The molecule has 0 unspecified atom stereocenters. The van der Waals surface area contributed by atoms with Crippen molar-refractivity contribution >= 4 is 12.0 Å².